The number of imidazole rings is 1. The van der Waals surface area contributed by atoms with Crippen molar-refractivity contribution in [2.24, 2.45) is 0 Å². The number of rotatable bonds is 2. The van der Waals surface area contributed by atoms with Crippen molar-refractivity contribution in [3.05, 3.63) is 65.6 Å². The summed E-state index contributed by atoms with van der Waals surface area (Å²) in [4.78, 5) is 16.6. The van der Waals surface area contributed by atoms with E-state index in [1.54, 1.807) is 22.9 Å². The van der Waals surface area contributed by atoms with Gasteiger partial charge in [-0.25, -0.2) is 4.98 Å². The van der Waals surface area contributed by atoms with Crippen LogP contribution in [0.5, 0.6) is 0 Å². The standard InChI is InChI=1S/C16H15N3O/c1-11-6-7-13(12(2)10-11)18-16(20)14-4-3-5-15-17-8-9-19(14)15/h3-10H,1-2H3,(H,18,20). The number of anilines is 1. The molecule has 0 radical (unpaired) electrons. The molecule has 2 heterocycles. The SMILES string of the molecule is Cc1ccc(NC(=O)c2cccc3nccn23)c(C)c1. The third-order valence-corrected chi connectivity index (χ3v) is 3.29. The summed E-state index contributed by atoms with van der Waals surface area (Å²) in [5.74, 6) is -0.138. The van der Waals surface area contributed by atoms with Gasteiger partial charge in [-0.3, -0.25) is 9.20 Å². The van der Waals surface area contributed by atoms with Crippen molar-refractivity contribution in [1.29, 1.82) is 0 Å². The molecule has 0 spiro atoms. The zero-order valence-electron chi connectivity index (χ0n) is 11.4. The summed E-state index contributed by atoms with van der Waals surface area (Å²) in [5, 5.41) is 2.95. The lowest BCUT2D eigenvalue weighted by Gasteiger charge is -2.10. The largest absolute Gasteiger partial charge is 0.320 e. The second-order valence-corrected chi connectivity index (χ2v) is 4.84. The number of nitrogens with one attached hydrogen (secondary N) is 1. The number of aryl methyl sites for hydroxylation is 2. The van der Waals surface area contributed by atoms with Crippen LogP contribution in [0.15, 0.2) is 48.8 Å². The molecular formula is C16H15N3O. The molecule has 3 rings (SSSR count). The molecule has 2 aromatic heterocycles. The quantitative estimate of drug-likeness (QED) is 0.773. The van der Waals surface area contributed by atoms with Gasteiger partial charge in [-0.15, -0.1) is 0 Å². The van der Waals surface area contributed by atoms with Gasteiger partial charge in [0, 0.05) is 18.1 Å². The van der Waals surface area contributed by atoms with Crippen LogP contribution in [0, 0.1) is 13.8 Å². The molecule has 100 valence electrons. The van der Waals surface area contributed by atoms with Crippen molar-refractivity contribution in [2.45, 2.75) is 13.8 Å². The van der Waals surface area contributed by atoms with E-state index in [1.165, 1.54) is 5.56 Å². The molecule has 3 aromatic rings. The molecule has 0 aliphatic rings. The summed E-state index contributed by atoms with van der Waals surface area (Å²) in [6.45, 7) is 4.02. The number of benzene rings is 1. The number of hydrogen-bond acceptors (Lipinski definition) is 2. The Morgan fingerprint density at radius 2 is 2.05 bits per heavy atom. The predicted molar refractivity (Wildman–Crippen MR) is 79.1 cm³/mol. The van der Waals surface area contributed by atoms with Gasteiger partial charge in [0.1, 0.15) is 11.3 Å². The molecule has 1 amide bonds. The average Bonchev–Trinajstić information content (AvgIpc) is 2.90. The molecule has 0 bridgehead atoms. The van der Waals surface area contributed by atoms with Crippen molar-refractivity contribution in [1.82, 2.24) is 9.38 Å². The third kappa shape index (κ3) is 2.16. The summed E-state index contributed by atoms with van der Waals surface area (Å²) < 4.78 is 1.78. The molecule has 0 aliphatic carbocycles. The highest BCUT2D eigenvalue weighted by Gasteiger charge is 2.11. The minimum atomic E-state index is -0.138. The lowest BCUT2D eigenvalue weighted by atomic mass is 10.1. The van der Waals surface area contributed by atoms with Gasteiger partial charge in [0.15, 0.2) is 0 Å². The second-order valence-electron chi connectivity index (χ2n) is 4.84. The van der Waals surface area contributed by atoms with Crippen molar-refractivity contribution >= 4 is 17.2 Å². The fourth-order valence-corrected chi connectivity index (χ4v) is 2.27. The van der Waals surface area contributed by atoms with Gasteiger partial charge >= 0.3 is 0 Å². The maximum absolute atomic E-state index is 12.4. The van der Waals surface area contributed by atoms with Crippen LogP contribution in [0.1, 0.15) is 21.6 Å². The van der Waals surface area contributed by atoms with Crippen LogP contribution in [0.25, 0.3) is 5.65 Å². The van der Waals surface area contributed by atoms with E-state index in [4.69, 9.17) is 0 Å². The highest BCUT2D eigenvalue weighted by Crippen LogP contribution is 2.17. The van der Waals surface area contributed by atoms with Crippen LogP contribution < -0.4 is 5.32 Å². The van der Waals surface area contributed by atoms with Gasteiger partial charge < -0.3 is 5.32 Å². The van der Waals surface area contributed by atoms with E-state index in [1.807, 2.05) is 44.2 Å². The first kappa shape index (κ1) is 12.4. The maximum Gasteiger partial charge on any atom is 0.272 e. The first-order chi connectivity index (χ1) is 9.65. The fraction of sp³-hybridized carbons (Fsp3) is 0.125. The van der Waals surface area contributed by atoms with Crippen molar-refractivity contribution < 1.29 is 4.79 Å². The smallest absolute Gasteiger partial charge is 0.272 e. The molecule has 0 atom stereocenters. The minimum Gasteiger partial charge on any atom is -0.320 e. The highest BCUT2D eigenvalue weighted by molar-refractivity contribution is 6.03. The summed E-state index contributed by atoms with van der Waals surface area (Å²) >= 11 is 0. The van der Waals surface area contributed by atoms with Gasteiger partial charge in [-0.1, -0.05) is 23.8 Å². The van der Waals surface area contributed by atoms with Crippen LogP contribution in [-0.2, 0) is 0 Å². The monoisotopic (exact) mass is 265 g/mol. The average molecular weight is 265 g/mol. The minimum absolute atomic E-state index is 0.138. The number of aromatic nitrogens is 2. The Morgan fingerprint density at radius 1 is 1.20 bits per heavy atom. The van der Waals surface area contributed by atoms with Crippen molar-refractivity contribution in [3.8, 4) is 0 Å². The van der Waals surface area contributed by atoms with Gasteiger partial charge in [0.25, 0.3) is 5.91 Å². The van der Waals surface area contributed by atoms with Crippen LogP contribution in [-0.4, -0.2) is 15.3 Å². The molecule has 4 nitrogen and oxygen atoms in total. The molecule has 1 N–H and O–H groups in total. The zero-order chi connectivity index (χ0) is 14.1. The third-order valence-electron chi connectivity index (χ3n) is 3.29. The molecule has 0 unspecified atom stereocenters. The number of nitrogens with zero attached hydrogens (tertiary/aromatic N) is 2. The Bertz CT molecular complexity index is 789. The van der Waals surface area contributed by atoms with E-state index in [0.717, 1.165) is 16.9 Å². The van der Waals surface area contributed by atoms with Gasteiger partial charge in [0.05, 0.1) is 0 Å². The van der Waals surface area contributed by atoms with E-state index in [-0.39, 0.29) is 5.91 Å². The van der Waals surface area contributed by atoms with Crippen LogP contribution in [0.3, 0.4) is 0 Å². The summed E-state index contributed by atoms with van der Waals surface area (Å²) in [7, 11) is 0. The fourth-order valence-electron chi connectivity index (χ4n) is 2.27. The summed E-state index contributed by atoms with van der Waals surface area (Å²) in [6.07, 6.45) is 3.47. The van der Waals surface area contributed by atoms with Gasteiger partial charge in [-0.05, 0) is 37.6 Å². The van der Waals surface area contributed by atoms with Crippen molar-refractivity contribution in [3.63, 3.8) is 0 Å². The lowest BCUT2D eigenvalue weighted by molar-refractivity contribution is 0.102. The van der Waals surface area contributed by atoms with Crippen LogP contribution >= 0.6 is 0 Å². The van der Waals surface area contributed by atoms with Crippen LogP contribution in [0.4, 0.5) is 5.69 Å². The number of pyridine rings is 1. The van der Waals surface area contributed by atoms with Gasteiger partial charge in [0.2, 0.25) is 0 Å². The molecule has 20 heavy (non-hydrogen) atoms. The summed E-state index contributed by atoms with van der Waals surface area (Å²) in [6, 6.07) is 11.4. The predicted octanol–water partition coefficient (Wildman–Crippen LogP) is 3.20. The molecule has 0 aliphatic heterocycles. The second kappa shape index (κ2) is 4.81. The molecule has 0 fully saturated rings. The topological polar surface area (TPSA) is 46.4 Å². The van der Waals surface area contributed by atoms with Crippen LogP contribution in [0.2, 0.25) is 0 Å². The summed E-state index contributed by atoms with van der Waals surface area (Å²) in [5.41, 5.74) is 4.39. The molecular weight excluding hydrogens is 250 g/mol. The Balaban J connectivity index is 1.95. The number of carbonyl (C=O) groups excluding carboxylic acids is 1. The molecule has 1 aromatic carbocycles. The number of carbonyl (C=O) groups is 1. The molecule has 0 saturated carbocycles. The Labute approximate surface area is 117 Å². The molecule has 4 heteroatoms. The zero-order valence-corrected chi connectivity index (χ0v) is 11.4. The van der Waals surface area contributed by atoms with E-state index in [0.29, 0.717) is 5.69 Å². The maximum atomic E-state index is 12.4. The Hall–Kier alpha value is -2.62. The van der Waals surface area contributed by atoms with E-state index in [9.17, 15) is 4.79 Å². The number of hydrogen-bond donors (Lipinski definition) is 1. The molecule has 0 saturated heterocycles. The Kier molecular flexibility index (Phi) is 2.99. The first-order valence-corrected chi connectivity index (χ1v) is 6.46. The van der Waals surface area contributed by atoms with Gasteiger partial charge in [-0.2, -0.15) is 0 Å². The number of fused-ring (bicyclic) bond motifs is 1. The van der Waals surface area contributed by atoms with E-state index in [2.05, 4.69) is 10.3 Å². The Morgan fingerprint density at radius 3 is 2.85 bits per heavy atom. The van der Waals surface area contributed by atoms with Crippen molar-refractivity contribution in [2.75, 3.05) is 5.32 Å². The normalized spacial score (nSPS) is 10.7. The first-order valence-electron chi connectivity index (χ1n) is 6.46. The lowest BCUT2D eigenvalue weighted by Crippen LogP contribution is -2.16. The number of amides is 1. The van der Waals surface area contributed by atoms with E-state index < -0.39 is 0 Å². The van der Waals surface area contributed by atoms with E-state index >= 15 is 0 Å². The highest BCUT2D eigenvalue weighted by atomic mass is 16.1.